The molecule has 35 heavy (non-hydrogen) atoms. The van der Waals surface area contributed by atoms with Gasteiger partial charge in [-0.3, -0.25) is 9.69 Å². The first-order valence-electron chi connectivity index (χ1n) is 12.9. The van der Waals surface area contributed by atoms with Crippen LogP contribution in [-0.2, 0) is 13.0 Å². The van der Waals surface area contributed by atoms with Gasteiger partial charge < -0.3 is 4.98 Å². The Balaban J connectivity index is 1.65. The lowest BCUT2D eigenvalue weighted by atomic mass is 9.95. The number of tetrazole rings is 1. The second kappa shape index (κ2) is 10.5. The van der Waals surface area contributed by atoms with E-state index in [1.54, 1.807) is 0 Å². The summed E-state index contributed by atoms with van der Waals surface area (Å²) in [7, 11) is 0. The maximum Gasteiger partial charge on any atom is 0.253 e. The second-order valence-electron chi connectivity index (χ2n) is 9.55. The number of aromatic nitrogens is 5. The number of nitrogens with zero attached hydrogens (tertiary/aromatic N) is 5. The third kappa shape index (κ3) is 4.91. The number of hydrogen-bond donors (Lipinski definition) is 1. The monoisotopic (exact) mass is 470 g/mol. The molecule has 2 aromatic carbocycles. The number of hydrogen-bond acceptors (Lipinski definition) is 5. The molecule has 0 amide bonds. The van der Waals surface area contributed by atoms with E-state index in [2.05, 4.69) is 75.7 Å². The van der Waals surface area contributed by atoms with Crippen LogP contribution in [0.4, 0.5) is 0 Å². The summed E-state index contributed by atoms with van der Waals surface area (Å²) < 4.78 is 2.00. The van der Waals surface area contributed by atoms with Crippen molar-refractivity contribution < 1.29 is 0 Å². The van der Waals surface area contributed by atoms with Crippen LogP contribution >= 0.6 is 0 Å². The summed E-state index contributed by atoms with van der Waals surface area (Å²) in [6, 6.07) is 18.6. The van der Waals surface area contributed by atoms with Crippen LogP contribution in [0.25, 0.3) is 10.9 Å². The van der Waals surface area contributed by atoms with Crippen LogP contribution in [0.3, 0.4) is 0 Å². The molecular weight excluding hydrogens is 436 g/mol. The molecule has 1 fully saturated rings. The van der Waals surface area contributed by atoms with Crippen molar-refractivity contribution in [1.29, 1.82) is 0 Å². The predicted molar refractivity (Wildman–Crippen MR) is 138 cm³/mol. The highest BCUT2D eigenvalue weighted by Gasteiger charge is 2.32. The summed E-state index contributed by atoms with van der Waals surface area (Å²) in [4.78, 5) is 19.0. The number of nitrogens with one attached hydrogen (secondary N) is 1. The van der Waals surface area contributed by atoms with E-state index in [1.807, 2.05) is 22.9 Å². The Morgan fingerprint density at radius 3 is 2.57 bits per heavy atom. The zero-order valence-corrected chi connectivity index (χ0v) is 20.7. The van der Waals surface area contributed by atoms with Crippen molar-refractivity contribution in [2.45, 2.75) is 71.0 Å². The molecule has 1 N–H and O–H groups in total. The summed E-state index contributed by atoms with van der Waals surface area (Å²) >= 11 is 0. The molecule has 0 radical (unpaired) electrons. The quantitative estimate of drug-likeness (QED) is 0.383. The molecule has 0 aliphatic heterocycles. The molecule has 1 unspecified atom stereocenters. The van der Waals surface area contributed by atoms with Crippen molar-refractivity contribution in [2.75, 3.05) is 6.54 Å². The van der Waals surface area contributed by atoms with Gasteiger partial charge in [0, 0.05) is 17.6 Å². The van der Waals surface area contributed by atoms with Gasteiger partial charge in [0.1, 0.15) is 6.04 Å². The molecule has 7 heteroatoms. The van der Waals surface area contributed by atoms with Gasteiger partial charge in [-0.2, -0.15) is 0 Å². The van der Waals surface area contributed by atoms with Crippen LogP contribution in [0.5, 0.6) is 0 Å². The Morgan fingerprint density at radius 2 is 1.83 bits per heavy atom. The van der Waals surface area contributed by atoms with Gasteiger partial charge in [-0.15, -0.1) is 5.10 Å². The first kappa shape index (κ1) is 23.4. The molecule has 5 rings (SSSR count). The number of aromatic amines is 1. The van der Waals surface area contributed by atoms with Gasteiger partial charge in [0.05, 0.1) is 6.04 Å². The molecule has 182 valence electrons. The number of benzene rings is 2. The Morgan fingerprint density at radius 1 is 1.03 bits per heavy atom. The molecule has 1 atom stereocenters. The van der Waals surface area contributed by atoms with Crippen molar-refractivity contribution in [3.63, 3.8) is 0 Å². The number of H-pyrrole nitrogens is 1. The molecule has 1 saturated carbocycles. The summed E-state index contributed by atoms with van der Waals surface area (Å²) in [6.07, 6.45) is 6.73. The van der Waals surface area contributed by atoms with E-state index < -0.39 is 0 Å². The minimum atomic E-state index is -0.351. The molecule has 4 aromatic rings. The largest absolute Gasteiger partial charge is 0.322 e. The van der Waals surface area contributed by atoms with Crippen LogP contribution in [0, 0.1) is 0 Å². The van der Waals surface area contributed by atoms with Gasteiger partial charge >= 0.3 is 0 Å². The lowest BCUT2D eigenvalue weighted by Crippen LogP contribution is -2.35. The maximum atomic E-state index is 13.5. The van der Waals surface area contributed by atoms with E-state index in [-0.39, 0.29) is 17.6 Å². The zero-order valence-electron chi connectivity index (χ0n) is 20.7. The fourth-order valence-corrected chi connectivity index (χ4v) is 5.36. The minimum absolute atomic E-state index is 0.0866. The maximum absolute atomic E-state index is 13.5. The highest BCUT2D eigenvalue weighted by Crippen LogP contribution is 2.33. The number of fused-ring (bicyclic) bond motifs is 1. The van der Waals surface area contributed by atoms with Crippen molar-refractivity contribution in [3.8, 4) is 0 Å². The van der Waals surface area contributed by atoms with Crippen LogP contribution in [0.2, 0.25) is 0 Å². The van der Waals surface area contributed by atoms with Crippen LogP contribution in [0.15, 0.2) is 59.4 Å². The summed E-state index contributed by atoms with van der Waals surface area (Å²) in [5, 5.41) is 14.1. The molecule has 2 heterocycles. The van der Waals surface area contributed by atoms with Gasteiger partial charge in [-0.25, -0.2) is 4.68 Å². The highest BCUT2D eigenvalue weighted by atomic mass is 16.1. The van der Waals surface area contributed by atoms with Gasteiger partial charge in [-0.05, 0) is 70.9 Å². The van der Waals surface area contributed by atoms with E-state index in [9.17, 15) is 4.79 Å². The van der Waals surface area contributed by atoms with Gasteiger partial charge in [-0.1, -0.05) is 69.5 Å². The van der Waals surface area contributed by atoms with Crippen molar-refractivity contribution in [2.24, 2.45) is 0 Å². The van der Waals surface area contributed by atoms with E-state index in [4.69, 9.17) is 0 Å². The molecule has 0 saturated heterocycles. The fourth-order valence-electron chi connectivity index (χ4n) is 5.36. The van der Waals surface area contributed by atoms with Crippen molar-refractivity contribution in [3.05, 3.63) is 87.5 Å². The summed E-state index contributed by atoms with van der Waals surface area (Å²) in [5.41, 5.74) is 3.90. The van der Waals surface area contributed by atoms with Gasteiger partial charge in [0.2, 0.25) is 0 Å². The summed E-state index contributed by atoms with van der Waals surface area (Å²) in [5.74, 6) is 0.756. The minimum Gasteiger partial charge on any atom is -0.322 e. The van der Waals surface area contributed by atoms with Gasteiger partial charge in [0.15, 0.2) is 5.82 Å². The first-order chi connectivity index (χ1) is 17.2. The first-order valence-corrected chi connectivity index (χ1v) is 12.9. The lowest BCUT2D eigenvalue weighted by Gasteiger charge is -2.32. The summed E-state index contributed by atoms with van der Waals surface area (Å²) in [6.45, 7) is 5.73. The molecule has 1 aliphatic rings. The fraction of sp³-hybridized carbons (Fsp3) is 0.429. The Hall–Kier alpha value is -3.32. The third-order valence-electron chi connectivity index (χ3n) is 7.32. The topological polar surface area (TPSA) is 79.7 Å². The lowest BCUT2D eigenvalue weighted by molar-refractivity contribution is 0.204. The van der Waals surface area contributed by atoms with E-state index in [0.29, 0.717) is 12.1 Å². The highest BCUT2D eigenvalue weighted by molar-refractivity contribution is 5.80. The standard InChI is InChI=1S/C28H34N6O/c1-3-20-15-16-25-22(17-20)18-24(28(35)29-25)26(33(4-2)19-21-11-7-5-8-12-21)27-30-31-32-34(27)23-13-9-6-10-14-23/h5,7-8,11-12,15-18,23,26H,3-4,6,9-10,13-14,19H2,1-2H3,(H,29,35). The average molecular weight is 471 g/mol. The van der Waals surface area contributed by atoms with Gasteiger partial charge in [0.25, 0.3) is 5.56 Å². The SMILES string of the molecule is CCc1ccc2[nH]c(=O)c(C(c3nnnn3C3CCCCC3)N(CC)Cc3ccccc3)cc2c1. The Labute approximate surface area is 206 Å². The Bertz CT molecular complexity index is 1320. The zero-order chi connectivity index (χ0) is 24.2. The van der Waals surface area contributed by atoms with E-state index >= 15 is 0 Å². The van der Waals surface area contributed by atoms with Crippen LogP contribution in [-0.4, -0.2) is 36.6 Å². The molecule has 7 nitrogen and oxygen atoms in total. The number of rotatable bonds is 8. The normalized spacial score (nSPS) is 15.6. The Kier molecular flexibility index (Phi) is 7.04. The molecule has 0 bridgehead atoms. The van der Waals surface area contributed by atoms with Crippen molar-refractivity contribution in [1.82, 2.24) is 30.1 Å². The smallest absolute Gasteiger partial charge is 0.253 e. The average Bonchev–Trinajstić information content (AvgIpc) is 3.39. The number of pyridine rings is 1. The van der Waals surface area contributed by atoms with E-state index in [1.165, 1.54) is 30.4 Å². The molecule has 0 spiro atoms. The van der Waals surface area contributed by atoms with E-state index in [0.717, 1.165) is 42.5 Å². The second-order valence-corrected chi connectivity index (χ2v) is 9.55. The predicted octanol–water partition coefficient (Wildman–Crippen LogP) is 5.19. The molecule has 1 aliphatic carbocycles. The number of aryl methyl sites for hydroxylation is 1. The van der Waals surface area contributed by atoms with Crippen LogP contribution < -0.4 is 5.56 Å². The molecule has 2 aromatic heterocycles. The van der Waals surface area contributed by atoms with Crippen LogP contribution in [0.1, 0.15) is 80.6 Å². The van der Waals surface area contributed by atoms with Crippen molar-refractivity contribution >= 4 is 10.9 Å². The molecular formula is C28H34N6O. The third-order valence-corrected chi connectivity index (χ3v) is 7.32.